The minimum atomic E-state index is -0.318. The highest BCUT2D eigenvalue weighted by molar-refractivity contribution is 5.37. The van der Waals surface area contributed by atoms with Crippen LogP contribution in [0.15, 0.2) is 30.3 Å². The Morgan fingerprint density at radius 3 is 2.48 bits per heavy atom. The molecular weight excluding hydrogens is 388 g/mol. The summed E-state index contributed by atoms with van der Waals surface area (Å²) in [5, 5.41) is 16.4. The molecule has 6 nitrogen and oxygen atoms in total. The molecule has 4 rings (SSSR count). The predicted molar refractivity (Wildman–Crippen MR) is 123 cm³/mol. The number of rotatable bonds is 7. The van der Waals surface area contributed by atoms with E-state index in [1.165, 1.54) is 12.0 Å². The molecule has 0 unspecified atom stereocenters. The number of nitrogens with zero attached hydrogens (tertiary/aromatic N) is 2. The number of piperidine rings is 1. The maximum absolute atomic E-state index is 9.60. The van der Waals surface area contributed by atoms with Crippen LogP contribution in [-0.2, 0) is 9.53 Å². The average molecular weight is 427 g/mol. The molecule has 1 aromatic carbocycles. The Morgan fingerprint density at radius 1 is 1.26 bits per heavy atom. The lowest BCUT2D eigenvalue weighted by Crippen LogP contribution is -2.64. The molecule has 2 N–H and O–H groups in total. The van der Waals surface area contributed by atoms with Gasteiger partial charge in [0.05, 0.1) is 12.5 Å². The summed E-state index contributed by atoms with van der Waals surface area (Å²) < 4.78 is 4.55. The van der Waals surface area contributed by atoms with Gasteiger partial charge in [0.1, 0.15) is 5.60 Å². The van der Waals surface area contributed by atoms with Crippen molar-refractivity contribution in [1.82, 2.24) is 15.5 Å². The molecule has 0 spiro atoms. The first-order chi connectivity index (χ1) is 14.9. The number of carbonyl (C=O) groups is 1. The Labute approximate surface area is 187 Å². The SMILES string of the molecule is CC(C)(C)OC=O.N#CCC1(N2CC(CN[C@@H]3C[C@H]3c3ccccc3)C2)CCNCC1. The number of nitrogens with one attached hydrogen (secondary N) is 2. The van der Waals surface area contributed by atoms with Crippen molar-refractivity contribution in [3.05, 3.63) is 35.9 Å². The van der Waals surface area contributed by atoms with Gasteiger partial charge >= 0.3 is 0 Å². The van der Waals surface area contributed by atoms with Gasteiger partial charge in [-0.1, -0.05) is 30.3 Å². The molecular formula is C25H38N4O2. The van der Waals surface area contributed by atoms with Gasteiger partial charge in [-0.3, -0.25) is 9.69 Å². The van der Waals surface area contributed by atoms with Crippen LogP contribution in [0.3, 0.4) is 0 Å². The van der Waals surface area contributed by atoms with Gasteiger partial charge in [0.2, 0.25) is 0 Å². The highest BCUT2D eigenvalue weighted by Gasteiger charge is 2.45. The van der Waals surface area contributed by atoms with Gasteiger partial charge in [-0.05, 0) is 64.6 Å². The van der Waals surface area contributed by atoms with Crippen LogP contribution in [0.5, 0.6) is 0 Å². The van der Waals surface area contributed by atoms with E-state index < -0.39 is 0 Å². The molecule has 31 heavy (non-hydrogen) atoms. The zero-order valence-corrected chi connectivity index (χ0v) is 19.3. The molecule has 1 aromatic rings. The summed E-state index contributed by atoms with van der Waals surface area (Å²) in [6.07, 6.45) is 4.22. The van der Waals surface area contributed by atoms with Crippen LogP contribution >= 0.6 is 0 Å². The van der Waals surface area contributed by atoms with E-state index in [1.54, 1.807) is 0 Å². The van der Waals surface area contributed by atoms with Crippen LogP contribution in [0, 0.1) is 17.2 Å². The Bertz CT molecular complexity index is 728. The van der Waals surface area contributed by atoms with E-state index in [4.69, 9.17) is 0 Å². The maximum Gasteiger partial charge on any atom is 0.293 e. The fourth-order valence-electron chi connectivity index (χ4n) is 4.68. The number of nitriles is 1. The van der Waals surface area contributed by atoms with E-state index >= 15 is 0 Å². The standard InChI is InChI=1S/C20H28N4.C5H10O2/c21-9-6-20(7-10-22-11-8-20)24-14-16(15-24)13-23-19-12-18(19)17-4-2-1-3-5-17;1-5(2,3)7-4-6/h1-5,16,18-19,22-23H,6-8,10-15H2;4H,1-3H3/t18-,19+;/m0./s1. The molecule has 0 radical (unpaired) electrons. The summed E-state index contributed by atoms with van der Waals surface area (Å²) in [6.45, 7) is 11.5. The molecule has 1 saturated carbocycles. The summed E-state index contributed by atoms with van der Waals surface area (Å²) >= 11 is 0. The molecule has 2 aliphatic heterocycles. The lowest BCUT2D eigenvalue weighted by atomic mass is 9.79. The Hall–Kier alpha value is -1.94. The third-order valence-electron chi connectivity index (χ3n) is 6.66. The molecule has 2 saturated heterocycles. The van der Waals surface area contributed by atoms with Gasteiger partial charge in [-0.15, -0.1) is 0 Å². The summed E-state index contributed by atoms with van der Waals surface area (Å²) in [4.78, 5) is 12.2. The predicted octanol–water partition coefficient (Wildman–Crippen LogP) is 3.06. The van der Waals surface area contributed by atoms with Gasteiger partial charge in [0.25, 0.3) is 6.47 Å². The second-order valence-corrected chi connectivity index (χ2v) is 10.2. The van der Waals surface area contributed by atoms with Crippen molar-refractivity contribution in [3.63, 3.8) is 0 Å². The Morgan fingerprint density at radius 2 is 1.94 bits per heavy atom. The number of benzene rings is 1. The van der Waals surface area contributed by atoms with Gasteiger partial charge < -0.3 is 15.4 Å². The summed E-state index contributed by atoms with van der Waals surface area (Å²) in [5.41, 5.74) is 1.32. The summed E-state index contributed by atoms with van der Waals surface area (Å²) in [6, 6.07) is 14.0. The van der Waals surface area contributed by atoms with E-state index in [-0.39, 0.29) is 11.1 Å². The third kappa shape index (κ3) is 6.77. The number of hydrogen-bond acceptors (Lipinski definition) is 6. The van der Waals surface area contributed by atoms with Crippen LogP contribution in [0.4, 0.5) is 0 Å². The number of carbonyl (C=O) groups excluding carboxylic acids is 1. The van der Waals surface area contributed by atoms with Gasteiger partial charge in [0, 0.05) is 37.1 Å². The second-order valence-electron chi connectivity index (χ2n) is 10.2. The second kappa shape index (κ2) is 10.6. The molecule has 170 valence electrons. The fraction of sp³-hybridized carbons (Fsp3) is 0.680. The van der Waals surface area contributed by atoms with E-state index in [0.29, 0.717) is 18.9 Å². The van der Waals surface area contributed by atoms with E-state index in [0.717, 1.165) is 57.4 Å². The van der Waals surface area contributed by atoms with Gasteiger partial charge in [0.15, 0.2) is 0 Å². The first kappa shape index (κ1) is 23.7. The van der Waals surface area contributed by atoms with Crippen molar-refractivity contribution in [2.24, 2.45) is 5.92 Å². The van der Waals surface area contributed by atoms with E-state index in [2.05, 4.69) is 56.7 Å². The normalized spacial score (nSPS) is 25.4. The number of likely N-dealkylation sites (tertiary alicyclic amines) is 1. The zero-order chi connectivity index (χ0) is 22.3. The van der Waals surface area contributed by atoms with Crippen LogP contribution in [0.1, 0.15) is 57.9 Å². The van der Waals surface area contributed by atoms with Crippen molar-refractivity contribution in [2.75, 3.05) is 32.7 Å². The van der Waals surface area contributed by atoms with E-state index in [1.807, 2.05) is 20.8 Å². The van der Waals surface area contributed by atoms with Crippen molar-refractivity contribution < 1.29 is 9.53 Å². The van der Waals surface area contributed by atoms with Crippen LogP contribution < -0.4 is 10.6 Å². The van der Waals surface area contributed by atoms with Crippen LogP contribution in [0.25, 0.3) is 0 Å². The average Bonchev–Trinajstić information content (AvgIpc) is 3.48. The topological polar surface area (TPSA) is 77.4 Å². The first-order valence-electron chi connectivity index (χ1n) is 11.6. The molecule has 3 aliphatic rings. The smallest absolute Gasteiger partial charge is 0.293 e. The number of ether oxygens (including phenoxy) is 1. The molecule has 0 amide bonds. The summed E-state index contributed by atoms with van der Waals surface area (Å²) in [5.74, 6) is 1.48. The molecule has 3 fully saturated rings. The molecule has 1 aliphatic carbocycles. The quantitative estimate of drug-likeness (QED) is 0.653. The lowest BCUT2D eigenvalue weighted by molar-refractivity contribution is -0.138. The van der Waals surface area contributed by atoms with Crippen molar-refractivity contribution >= 4 is 6.47 Å². The zero-order valence-electron chi connectivity index (χ0n) is 19.3. The Kier molecular flexibility index (Phi) is 8.10. The molecule has 2 atom stereocenters. The minimum Gasteiger partial charge on any atom is -0.462 e. The molecule has 2 heterocycles. The van der Waals surface area contributed by atoms with Gasteiger partial charge in [-0.25, -0.2) is 0 Å². The van der Waals surface area contributed by atoms with Crippen molar-refractivity contribution in [3.8, 4) is 6.07 Å². The van der Waals surface area contributed by atoms with E-state index in [9.17, 15) is 10.1 Å². The highest BCUT2D eigenvalue weighted by Crippen LogP contribution is 2.41. The van der Waals surface area contributed by atoms with Crippen LogP contribution in [-0.4, -0.2) is 61.3 Å². The molecule has 0 aromatic heterocycles. The summed E-state index contributed by atoms with van der Waals surface area (Å²) in [7, 11) is 0. The molecule has 6 heteroatoms. The van der Waals surface area contributed by atoms with Crippen molar-refractivity contribution in [1.29, 1.82) is 5.26 Å². The van der Waals surface area contributed by atoms with Crippen molar-refractivity contribution in [2.45, 2.75) is 69.6 Å². The van der Waals surface area contributed by atoms with Crippen LogP contribution in [0.2, 0.25) is 0 Å². The maximum atomic E-state index is 9.60. The number of hydrogen-bond donors (Lipinski definition) is 2. The third-order valence-corrected chi connectivity index (χ3v) is 6.66. The monoisotopic (exact) mass is 426 g/mol. The first-order valence-corrected chi connectivity index (χ1v) is 11.6. The largest absolute Gasteiger partial charge is 0.462 e. The minimum absolute atomic E-state index is 0.155. The Balaban J connectivity index is 0.000000339. The molecule has 0 bridgehead atoms. The van der Waals surface area contributed by atoms with Gasteiger partial charge in [-0.2, -0.15) is 5.26 Å². The lowest BCUT2D eigenvalue weighted by Gasteiger charge is -2.53. The fourth-order valence-corrected chi connectivity index (χ4v) is 4.68. The highest BCUT2D eigenvalue weighted by atomic mass is 16.5.